The number of phenols is 1. The lowest BCUT2D eigenvalue weighted by Gasteiger charge is -2.26. The van der Waals surface area contributed by atoms with E-state index < -0.39 is 0 Å². The molecule has 1 aliphatic rings. The van der Waals surface area contributed by atoms with Gasteiger partial charge in [-0.1, -0.05) is 37.3 Å². The summed E-state index contributed by atoms with van der Waals surface area (Å²) in [4.78, 5) is 15.0. The van der Waals surface area contributed by atoms with Crippen LogP contribution in [0.25, 0.3) is 11.3 Å². The molecular weight excluding hydrogens is 378 g/mol. The maximum Gasteiger partial charge on any atom is 0.273 e. The summed E-state index contributed by atoms with van der Waals surface area (Å²) in [5.41, 5.74) is 6.61. The maximum atomic E-state index is 13.2. The summed E-state index contributed by atoms with van der Waals surface area (Å²) in [5.74, 6) is 0.0898. The number of aryl methyl sites for hydroxylation is 3. The van der Waals surface area contributed by atoms with Crippen molar-refractivity contribution in [3.8, 4) is 17.0 Å². The predicted octanol–water partition coefficient (Wildman–Crippen LogP) is 4.15. The lowest BCUT2D eigenvalue weighted by molar-refractivity contribution is 0.0677. The van der Waals surface area contributed by atoms with E-state index in [-0.39, 0.29) is 17.7 Å². The average Bonchev–Trinajstić information content (AvgIpc) is 3.28. The molecular formula is C24H27N3O3. The van der Waals surface area contributed by atoms with Crippen LogP contribution in [0, 0.1) is 13.8 Å². The Bertz CT molecular complexity index is 1090. The molecule has 3 aromatic rings. The van der Waals surface area contributed by atoms with Gasteiger partial charge in [0.05, 0.1) is 12.6 Å². The first-order chi connectivity index (χ1) is 14.5. The minimum absolute atomic E-state index is 0.103. The van der Waals surface area contributed by atoms with Gasteiger partial charge >= 0.3 is 0 Å². The van der Waals surface area contributed by atoms with Gasteiger partial charge in [0.15, 0.2) is 0 Å². The first-order valence-electron chi connectivity index (χ1n) is 10.2. The maximum absolute atomic E-state index is 13.2. The number of phenolic OH excluding ortho intramolecular Hbond substituents is 1. The SMILES string of the molecule is CCc1ccc(C2c3c(-c4cc(C)cc(C)c4O)n[nH]c3C(=O)N2CCOC)cc1. The normalized spacial score (nSPS) is 15.7. The third-order valence-electron chi connectivity index (χ3n) is 5.80. The number of aromatic hydroxyl groups is 1. The number of carbonyl (C=O) groups is 1. The van der Waals surface area contributed by atoms with Crippen LogP contribution in [0.1, 0.15) is 51.3 Å². The minimum Gasteiger partial charge on any atom is -0.507 e. The molecule has 0 bridgehead atoms. The number of methoxy groups -OCH3 is 1. The highest BCUT2D eigenvalue weighted by Gasteiger charge is 2.42. The van der Waals surface area contributed by atoms with Gasteiger partial charge in [-0.3, -0.25) is 9.89 Å². The second kappa shape index (κ2) is 7.95. The number of H-pyrrole nitrogens is 1. The van der Waals surface area contributed by atoms with Crippen LogP contribution in [0.3, 0.4) is 0 Å². The number of benzene rings is 2. The molecule has 30 heavy (non-hydrogen) atoms. The van der Waals surface area contributed by atoms with E-state index in [1.807, 2.05) is 30.9 Å². The standard InChI is InChI=1S/C24H27N3O3/c1-5-16-6-8-17(9-7-16)22-19-20(18-13-14(2)12-15(3)23(18)28)25-26-21(19)24(29)27(22)10-11-30-4/h6-9,12-13,22,28H,5,10-11H2,1-4H3,(H,25,26). The van der Waals surface area contributed by atoms with Crippen molar-refractivity contribution in [3.63, 3.8) is 0 Å². The van der Waals surface area contributed by atoms with Crippen LogP contribution in [0.5, 0.6) is 5.75 Å². The molecule has 1 aromatic heterocycles. The quantitative estimate of drug-likeness (QED) is 0.646. The Kier molecular flexibility index (Phi) is 5.35. The number of aromatic nitrogens is 2. The topological polar surface area (TPSA) is 78.5 Å². The highest BCUT2D eigenvalue weighted by molar-refractivity contribution is 6.00. The Morgan fingerprint density at radius 3 is 2.60 bits per heavy atom. The first kappa shape index (κ1) is 20.2. The molecule has 1 atom stereocenters. The zero-order valence-electron chi connectivity index (χ0n) is 17.8. The minimum atomic E-state index is -0.289. The van der Waals surface area contributed by atoms with Crippen molar-refractivity contribution in [2.24, 2.45) is 0 Å². The van der Waals surface area contributed by atoms with Crippen molar-refractivity contribution in [1.29, 1.82) is 0 Å². The van der Waals surface area contributed by atoms with E-state index in [1.54, 1.807) is 7.11 Å². The summed E-state index contributed by atoms with van der Waals surface area (Å²) >= 11 is 0. The van der Waals surface area contributed by atoms with Crippen LogP contribution in [0.15, 0.2) is 36.4 Å². The zero-order chi connectivity index (χ0) is 21.4. The van der Waals surface area contributed by atoms with Gasteiger partial charge in [0, 0.05) is 24.8 Å². The summed E-state index contributed by atoms with van der Waals surface area (Å²) in [7, 11) is 1.63. The number of aromatic amines is 1. The third kappa shape index (κ3) is 3.27. The fraction of sp³-hybridized carbons (Fsp3) is 0.333. The monoisotopic (exact) mass is 405 g/mol. The van der Waals surface area contributed by atoms with Gasteiger partial charge in [0.2, 0.25) is 0 Å². The molecule has 2 heterocycles. The lowest BCUT2D eigenvalue weighted by Crippen LogP contribution is -2.32. The Labute approximate surface area is 176 Å². The number of fused-ring (bicyclic) bond motifs is 1. The van der Waals surface area contributed by atoms with Gasteiger partial charge in [-0.25, -0.2) is 0 Å². The second-order valence-electron chi connectivity index (χ2n) is 7.83. The van der Waals surface area contributed by atoms with Gasteiger partial charge in [-0.15, -0.1) is 0 Å². The summed E-state index contributed by atoms with van der Waals surface area (Å²) in [6, 6.07) is 11.9. The van der Waals surface area contributed by atoms with Gasteiger partial charge in [0.1, 0.15) is 17.1 Å². The number of hydrogen-bond acceptors (Lipinski definition) is 4. The van der Waals surface area contributed by atoms with Crippen molar-refractivity contribution in [2.75, 3.05) is 20.3 Å². The predicted molar refractivity (Wildman–Crippen MR) is 116 cm³/mol. The van der Waals surface area contributed by atoms with Crippen molar-refractivity contribution in [3.05, 3.63) is 69.9 Å². The molecule has 2 N–H and O–H groups in total. The van der Waals surface area contributed by atoms with E-state index in [2.05, 4.69) is 41.4 Å². The summed E-state index contributed by atoms with van der Waals surface area (Å²) in [6.07, 6.45) is 0.954. The van der Waals surface area contributed by atoms with E-state index in [9.17, 15) is 9.90 Å². The van der Waals surface area contributed by atoms with E-state index >= 15 is 0 Å². The summed E-state index contributed by atoms with van der Waals surface area (Å²) in [5, 5.41) is 18.1. The molecule has 0 saturated heterocycles. The molecule has 0 fully saturated rings. The highest BCUT2D eigenvalue weighted by Crippen LogP contribution is 2.45. The summed E-state index contributed by atoms with van der Waals surface area (Å²) in [6.45, 7) is 6.89. The van der Waals surface area contributed by atoms with E-state index in [4.69, 9.17) is 4.74 Å². The Morgan fingerprint density at radius 2 is 1.93 bits per heavy atom. The fourth-order valence-electron chi connectivity index (χ4n) is 4.24. The Hall–Kier alpha value is -3.12. The van der Waals surface area contributed by atoms with Crippen molar-refractivity contribution in [2.45, 2.75) is 33.2 Å². The second-order valence-corrected chi connectivity index (χ2v) is 7.83. The molecule has 1 amide bonds. The number of ether oxygens (including phenoxy) is 1. The molecule has 0 aliphatic carbocycles. The van der Waals surface area contributed by atoms with Gasteiger partial charge in [-0.2, -0.15) is 5.10 Å². The number of nitrogens with zero attached hydrogens (tertiary/aromatic N) is 2. The molecule has 4 rings (SSSR count). The number of carbonyl (C=O) groups excluding carboxylic acids is 1. The molecule has 0 radical (unpaired) electrons. The van der Waals surface area contributed by atoms with Crippen LogP contribution in [-0.2, 0) is 11.2 Å². The van der Waals surface area contributed by atoms with Crippen molar-refractivity contribution >= 4 is 5.91 Å². The van der Waals surface area contributed by atoms with Crippen LogP contribution in [-0.4, -0.2) is 46.4 Å². The number of nitrogens with one attached hydrogen (secondary N) is 1. The fourth-order valence-corrected chi connectivity index (χ4v) is 4.24. The van der Waals surface area contributed by atoms with Crippen LogP contribution < -0.4 is 0 Å². The van der Waals surface area contributed by atoms with Gasteiger partial charge in [-0.05, 0) is 48.6 Å². The van der Waals surface area contributed by atoms with Gasteiger partial charge < -0.3 is 14.7 Å². The smallest absolute Gasteiger partial charge is 0.273 e. The molecule has 1 unspecified atom stereocenters. The largest absolute Gasteiger partial charge is 0.507 e. The van der Waals surface area contributed by atoms with Gasteiger partial charge in [0.25, 0.3) is 5.91 Å². The molecule has 0 spiro atoms. The summed E-state index contributed by atoms with van der Waals surface area (Å²) < 4.78 is 5.25. The molecule has 1 aliphatic heterocycles. The molecule has 156 valence electrons. The van der Waals surface area contributed by atoms with E-state index in [1.165, 1.54) is 5.56 Å². The Morgan fingerprint density at radius 1 is 1.20 bits per heavy atom. The number of amides is 1. The van der Waals surface area contributed by atoms with Crippen LogP contribution >= 0.6 is 0 Å². The third-order valence-corrected chi connectivity index (χ3v) is 5.80. The number of hydrogen-bond donors (Lipinski definition) is 2. The lowest BCUT2D eigenvalue weighted by atomic mass is 9.93. The highest BCUT2D eigenvalue weighted by atomic mass is 16.5. The van der Waals surface area contributed by atoms with Crippen LogP contribution in [0.4, 0.5) is 0 Å². The molecule has 0 saturated carbocycles. The molecule has 6 nitrogen and oxygen atoms in total. The van der Waals surface area contributed by atoms with Crippen molar-refractivity contribution < 1.29 is 14.6 Å². The van der Waals surface area contributed by atoms with Crippen molar-refractivity contribution in [1.82, 2.24) is 15.1 Å². The van der Waals surface area contributed by atoms with Crippen LogP contribution in [0.2, 0.25) is 0 Å². The zero-order valence-corrected chi connectivity index (χ0v) is 17.8. The molecule has 2 aromatic carbocycles. The van der Waals surface area contributed by atoms with E-state index in [0.717, 1.165) is 28.7 Å². The Balaban J connectivity index is 1.89. The average molecular weight is 405 g/mol. The molecule has 6 heteroatoms. The van der Waals surface area contributed by atoms with E-state index in [0.29, 0.717) is 30.1 Å². The first-order valence-corrected chi connectivity index (χ1v) is 10.2. The number of rotatable bonds is 6.